The summed E-state index contributed by atoms with van der Waals surface area (Å²) in [6.45, 7) is 4.54. The Bertz CT molecular complexity index is 267. The lowest BCUT2D eigenvalue weighted by molar-refractivity contribution is -0.111. The molecule has 0 aliphatic carbocycles. The predicted molar refractivity (Wildman–Crippen MR) is 55.0 cm³/mol. The molecule has 76 valence electrons. The summed E-state index contributed by atoms with van der Waals surface area (Å²) in [6.07, 6.45) is 0.309. The number of hydrogen-bond donors (Lipinski definition) is 0. The van der Waals surface area contributed by atoms with E-state index in [-0.39, 0.29) is 0 Å². The fourth-order valence-corrected chi connectivity index (χ4v) is 1.46. The first-order valence-electron chi connectivity index (χ1n) is 5.09. The van der Waals surface area contributed by atoms with E-state index < -0.39 is 0 Å². The summed E-state index contributed by atoms with van der Waals surface area (Å²) in [5, 5.41) is 0. The molecule has 1 atom stereocenters. The lowest BCUT2D eigenvalue weighted by Crippen LogP contribution is -2.37. The molecule has 2 rings (SSSR count). The first-order chi connectivity index (χ1) is 6.86. The van der Waals surface area contributed by atoms with Gasteiger partial charge in [-0.05, 0) is 12.5 Å². The van der Waals surface area contributed by atoms with Gasteiger partial charge in [0.15, 0.2) is 0 Å². The van der Waals surface area contributed by atoms with Crippen LogP contribution in [0.25, 0.3) is 0 Å². The molecule has 0 radical (unpaired) electrons. The predicted octanol–water partition coefficient (Wildman–Crippen LogP) is 2.24. The fraction of sp³-hybridized carbons (Fsp3) is 0.500. The normalized spacial score (nSPS) is 18.9. The molecule has 0 spiro atoms. The van der Waals surface area contributed by atoms with E-state index in [0.717, 1.165) is 13.2 Å². The summed E-state index contributed by atoms with van der Waals surface area (Å²) < 4.78 is 10.9. The smallest absolute Gasteiger partial charge is 0.0720 e. The first-order valence-corrected chi connectivity index (χ1v) is 5.09. The maximum Gasteiger partial charge on any atom is 0.0720 e. The highest BCUT2D eigenvalue weighted by Crippen LogP contribution is 2.18. The van der Waals surface area contributed by atoms with Crippen LogP contribution in [0, 0.1) is 5.92 Å². The summed E-state index contributed by atoms with van der Waals surface area (Å²) in [6, 6.07) is 10.3. The monoisotopic (exact) mass is 192 g/mol. The van der Waals surface area contributed by atoms with Crippen molar-refractivity contribution in [2.45, 2.75) is 19.6 Å². The summed E-state index contributed by atoms with van der Waals surface area (Å²) in [5.74, 6) is 0.596. The third kappa shape index (κ3) is 2.34. The molecule has 1 saturated heterocycles. The second-order valence-corrected chi connectivity index (χ2v) is 3.80. The van der Waals surface area contributed by atoms with Crippen LogP contribution in [-0.4, -0.2) is 19.3 Å². The minimum Gasteiger partial charge on any atom is -0.380 e. The van der Waals surface area contributed by atoms with Gasteiger partial charge in [-0.1, -0.05) is 30.3 Å². The molecule has 1 unspecified atom stereocenters. The summed E-state index contributed by atoms with van der Waals surface area (Å²) in [4.78, 5) is 0. The van der Waals surface area contributed by atoms with Crippen LogP contribution in [-0.2, 0) is 16.1 Å². The molecule has 1 aliphatic rings. The van der Waals surface area contributed by atoms with E-state index in [1.807, 2.05) is 18.2 Å². The zero-order chi connectivity index (χ0) is 9.80. The van der Waals surface area contributed by atoms with Crippen LogP contribution >= 0.6 is 0 Å². The molecule has 0 saturated carbocycles. The molecule has 14 heavy (non-hydrogen) atoms. The average Bonchev–Trinajstić information content (AvgIpc) is 2.14. The quantitative estimate of drug-likeness (QED) is 0.728. The van der Waals surface area contributed by atoms with Crippen LogP contribution < -0.4 is 0 Å². The lowest BCUT2D eigenvalue weighted by Gasteiger charge is -2.31. The van der Waals surface area contributed by atoms with Crippen LogP contribution in [0.1, 0.15) is 12.5 Å². The van der Waals surface area contributed by atoms with Crippen LogP contribution in [0.3, 0.4) is 0 Å². The van der Waals surface area contributed by atoms with Crippen LogP contribution in [0.15, 0.2) is 30.3 Å². The van der Waals surface area contributed by atoms with Gasteiger partial charge in [-0.15, -0.1) is 0 Å². The van der Waals surface area contributed by atoms with E-state index in [1.165, 1.54) is 5.56 Å². The zero-order valence-corrected chi connectivity index (χ0v) is 8.48. The molecule has 1 aromatic carbocycles. The highest BCUT2D eigenvalue weighted by atomic mass is 16.5. The second kappa shape index (κ2) is 4.58. The van der Waals surface area contributed by atoms with Gasteiger partial charge in [-0.25, -0.2) is 0 Å². The van der Waals surface area contributed by atoms with Gasteiger partial charge in [-0.2, -0.15) is 0 Å². The molecule has 1 fully saturated rings. The van der Waals surface area contributed by atoms with Gasteiger partial charge in [0.2, 0.25) is 0 Å². The number of ether oxygens (including phenoxy) is 2. The van der Waals surface area contributed by atoms with Gasteiger partial charge in [0.1, 0.15) is 0 Å². The van der Waals surface area contributed by atoms with Crippen molar-refractivity contribution in [1.29, 1.82) is 0 Å². The van der Waals surface area contributed by atoms with Crippen molar-refractivity contribution in [1.82, 2.24) is 0 Å². The molecular weight excluding hydrogens is 176 g/mol. The number of hydrogen-bond acceptors (Lipinski definition) is 2. The van der Waals surface area contributed by atoms with Gasteiger partial charge >= 0.3 is 0 Å². The summed E-state index contributed by atoms with van der Waals surface area (Å²) in [7, 11) is 0. The molecular formula is C12H16O2. The maximum absolute atomic E-state index is 5.75. The van der Waals surface area contributed by atoms with Gasteiger partial charge in [0.05, 0.1) is 25.9 Å². The van der Waals surface area contributed by atoms with E-state index in [4.69, 9.17) is 9.47 Å². The van der Waals surface area contributed by atoms with Crippen molar-refractivity contribution >= 4 is 0 Å². The highest BCUT2D eigenvalue weighted by Gasteiger charge is 2.25. The van der Waals surface area contributed by atoms with Gasteiger partial charge in [0, 0.05) is 5.92 Å². The second-order valence-electron chi connectivity index (χ2n) is 3.80. The van der Waals surface area contributed by atoms with Gasteiger partial charge in [-0.3, -0.25) is 0 Å². The Kier molecular flexibility index (Phi) is 3.17. The van der Waals surface area contributed by atoms with Crippen molar-refractivity contribution in [3.05, 3.63) is 35.9 Å². The maximum atomic E-state index is 5.75. The molecule has 1 aliphatic heterocycles. The van der Waals surface area contributed by atoms with Crippen molar-refractivity contribution in [3.8, 4) is 0 Å². The Labute approximate surface area is 84.8 Å². The van der Waals surface area contributed by atoms with Crippen LogP contribution in [0.4, 0.5) is 0 Å². The Balaban J connectivity index is 1.76. The third-order valence-corrected chi connectivity index (χ3v) is 2.68. The van der Waals surface area contributed by atoms with Gasteiger partial charge < -0.3 is 9.47 Å². The number of rotatable bonds is 4. The molecule has 0 bridgehead atoms. The largest absolute Gasteiger partial charge is 0.380 e. The van der Waals surface area contributed by atoms with E-state index >= 15 is 0 Å². The summed E-state index contributed by atoms with van der Waals surface area (Å²) in [5.41, 5.74) is 1.24. The Hall–Kier alpha value is -0.860. The fourth-order valence-electron chi connectivity index (χ4n) is 1.46. The Morgan fingerprint density at radius 3 is 2.64 bits per heavy atom. The molecule has 2 heteroatoms. The standard InChI is InChI=1S/C12H16O2/c1-10(12-8-13-9-12)14-7-11-5-3-2-4-6-11/h2-6,10,12H,7-9H2,1H3. The Morgan fingerprint density at radius 2 is 2.07 bits per heavy atom. The summed E-state index contributed by atoms with van der Waals surface area (Å²) >= 11 is 0. The Morgan fingerprint density at radius 1 is 1.36 bits per heavy atom. The minimum atomic E-state index is 0.309. The molecule has 2 nitrogen and oxygen atoms in total. The van der Waals surface area contributed by atoms with E-state index in [1.54, 1.807) is 0 Å². The van der Waals surface area contributed by atoms with Crippen molar-refractivity contribution < 1.29 is 9.47 Å². The zero-order valence-electron chi connectivity index (χ0n) is 8.48. The molecule has 0 aromatic heterocycles. The van der Waals surface area contributed by atoms with Crippen LogP contribution in [0.2, 0.25) is 0 Å². The molecule has 1 aromatic rings. The van der Waals surface area contributed by atoms with E-state index in [9.17, 15) is 0 Å². The number of benzene rings is 1. The van der Waals surface area contributed by atoms with Gasteiger partial charge in [0.25, 0.3) is 0 Å². The first kappa shape index (κ1) is 9.69. The SMILES string of the molecule is CC(OCc1ccccc1)C1COC1. The van der Waals surface area contributed by atoms with Crippen molar-refractivity contribution in [2.75, 3.05) is 13.2 Å². The minimum absolute atomic E-state index is 0.309. The van der Waals surface area contributed by atoms with Crippen molar-refractivity contribution in [3.63, 3.8) is 0 Å². The average molecular weight is 192 g/mol. The molecule has 0 amide bonds. The van der Waals surface area contributed by atoms with E-state index in [2.05, 4.69) is 19.1 Å². The topological polar surface area (TPSA) is 18.5 Å². The molecule has 0 N–H and O–H groups in total. The van der Waals surface area contributed by atoms with E-state index in [0.29, 0.717) is 18.6 Å². The lowest BCUT2D eigenvalue weighted by atomic mass is 10.0. The third-order valence-electron chi connectivity index (χ3n) is 2.68. The van der Waals surface area contributed by atoms with Crippen molar-refractivity contribution in [2.24, 2.45) is 5.92 Å². The highest BCUT2D eigenvalue weighted by molar-refractivity contribution is 5.13. The molecule has 1 heterocycles. The van der Waals surface area contributed by atoms with Crippen LogP contribution in [0.5, 0.6) is 0 Å².